The summed E-state index contributed by atoms with van der Waals surface area (Å²) in [4.78, 5) is 24.3. The lowest BCUT2D eigenvalue weighted by atomic mass is 9.95. The molecule has 0 saturated carbocycles. The number of hydrogen-bond donors (Lipinski definition) is 1. The van der Waals surface area contributed by atoms with Crippen molar-refractivity contribution in [2.75, 3.05) is 23.3 Å². The van der Waals surface area contributed by atoms with E-state index in [2.05, 4.69) is 5.32 Å². The van der Waals surface area contributed by atoms with Crippen molar-refractivity contribution in [3.63, 3.8) is 0 Å². The summed E-state index contributed by atoms with van der Waals surface area (Å²) < 4.78 is 65.2. The molecule has 0 aliphatic carbocycles. The predicted octanol–water partition coefficient (Wildman–Crippen LogP) is 4.75. The van der Waals surface area contributed by atoms with Gasteiger partial charge in [-0.2, -0.15) is 13.2 Å². The second kappa shape index (κ2) is 8.25. The molecule has 0 radical (unpaired) electrons. The van der Waals surface area contributed by atoms with Crippen LogP contribution in [-0.2, 0) is 11.0 Å². The molecule has 1 amide bonds. The molecule has 30 heavy (non-hydrogen) atoms. The zero-order chi connectivity index (χ0) is 22.1. The third kappa shape index (κ3) is 4.66. The highest BCUT2D eigenvalue weighted by Gasteiger charge is 2.35. The van der Waals surface area contributed by atoms with E-state index in [0.717, 1.165) is 24.3 Å². The lowest BCUT2D eigenvalue weighted by Crippen LogP contribution is -2.38. The van der Waals surface area contributed by atoms with Crippen molar-refractivity contribution in [1.29, 1.82) is 0 Å². The van der Waals surface area contributed by atoms with Gasteiger partial charge in [-0.05, 0) is 37.1 Å². The van der Waals surface area contributed by atoms with Gasteiger partial charge >= 0.3 is 6.18 Å². The molecular weight excluding hydrogens is 413 g/mol. The number of carbonyl (C=O) groups is 1. The summed E-state index contributed by atoms with van der Waals surface area (Å²) in [5, 5.41) is 13.6. The average molecular weight is 429 g/mol. The molecule has 6 nitrogen and oxygen atoms in total. The van der Waals surface area contributed by atoms with Gasteiger partial charge in [-0.15, -0.1) is 0 Å². The molecule has 2 aromatic rings. The van der Waals surface area contributed by atoms with Gasteiger partial charge in [-0.25, -0.2) is 8.78 Å². The number of alkyl halides is 3. The highest BCUT2D eigenvalue weighted by atomic mass is 19.4. The van der Waals surface area contributed by atoms with E-state index in [0.29, 0.717) is 12.1 Å². The van der Waals surface area contributed by atoms with Gasteiger partial charge in [0.2, 0.25) is 5.91 Å². The molecule has 0 spiro atoms. The summed E-state index contributed by atoms with van der Waals surface area (Å²) in [5.41, 5.74) is -1.91. The van der Waals surface area contributed by atoms with Crippen LogP contribution in [0.4, 0.5) is 39.0 Å². The summed E-state index contributed by atoms with van der Waals surface area (Å²) in [6.07, 6.45) is -4.19. The number of nitro groups is 1. The third-order valence-corrected chi connectivity index (χ3v) is 4.89. The Balaban J connectivity index is 1.69. The summed E-state index contributed by atoms with van der Waals surface area (Å²) in [6, 6.07) is 5.06. The number of amides is 1. The molecule has 0 unspecified atom stereocenters. The van der Waals surface area contributed by atoms with Crippen LogP contribution in [0.1, 0.15) is 18.4 Å². The Bertz CT molecular complexity index is 972. The molecule has 1 N–H and O–H groups in total. The van der Waals surface area contributed by atoms with Gasteiger partial charge < -0.3 is 10.2 Å². The molecule has 11 heteroatoms. The molecule has 160 valence electrons. The molecule has 0 aromatic heterocycles. The van der Waals surface area contributed by atoms with Crippen LogP contribution in [0.25, 0.3) is 0 Å². The van der Waals surface area contributed by atoms with Crippen LogP contribution >= 0.6 is 0 Å². The van der Waals surface area contributed by atoms with Gasteiger partial charge in [-0.1, -0.05) is 0 Å². The number of carbonyl (C=O) groups excluding carboxylic acids is 1. The van der Waals surface area contributed by atoms with Gasteiger partial charge in [0.1, 0.15) is 17.3 Å². The Kier molecular flexibility index (Phi) is 5.90. The average Bonchev–Trinajstić information content (AvgIpc) is 2.69. The summed E-state index contributed by atoms with van der Waals surface area (Å²) in [7, 11) is 0. The van der Waals surface area contributed by atoms with E-state index >= 15 is 0 Å². The zero-order valence-electron chi connectivity index (χ0n) is 15.4. The molecule has 3 rings (SSSR count). The molecule has 0 atom stereocenters. The summed E-state index contributed by atoms with van der Waals surface area (Å²) in [6.45, 7) is 0.381. The normalized spacial score (nSPS) is 15.2. The van der Waals surface area contributed by atoms with Crippen molar-refractivity contribution >= 4 is 23.0 Å². The predicted molar refractivity (Wildman–Crippen MR) is 98.0 cm³/mol. The number of nitrogens with zero attached hydrogens (tertiary/aromatic N) is 2. The molecule has 1 aliphatic heterocycles. The van der Waals surface area contributed by atoms with Gasteiger partial charge in [0.05, 0.1) is 16.2 Å². The van der Waals surface area contributed by atoms with E-state index < -0.39 is 45.8 Å². The number of anilines is 2. The van der Waals surface area contributed by atoms with Gasteiger partial charge in [0, 0.05) is 31.1 Å². The third-order valence-electron chi connectivity index (χ3n) is 4.89. The summed E-state index contributed by atoms with van der Waals surface area (Å²) in [5.74, 6) is -2.71. The zero-order valence-corrected chi connectivity index (χ0v) is 15.4. The minimum absolute atomic E-state index is 0.0384. The van der Waals surface area contributed by atoms with Crippen molar-refractivity contribution in [3.05, 3.63) is 63.7 Å². The quantitative estimate of drug-likeness (QED) is 0.433. The highest BCUT2D eigenvalue weighted by Crippen LogP contribution is 2.37. The Morgan fingerprint density at radius 1 is 1.10 bits per heavy atom. The Hall–Kier alpha value is -3.24. The van der Waals surface area contributed by atoms with Crippen LogP contribution < -0.4 is 10.2 Å². The van der Waals surface area contributed by atoms with E-state index in [1.807, 2.05) is 0 Å². The van der Waals surface area contributed by atoms with Gasteiger partial charge in [-0.3, -0.25) is 14.9 Å². The first-order chi connectivity index (χ1) is 14.1. The molecule has 1 fully saturated rings. The SMILES string of the molecule is O=C(Nc1ccc(F)cc1F)C1CCN(c2ccc(C(F)(F)F)cc2[N+](=O)[O-])CC1. The van der Waals surface area contributed by atoms with Crippen LogP contribution in [-0.4, -0.2) is 23.9 Å². The fourth-order valence-electron chi connectivity index (χ4n) is 3.32. The molecule has 1 saturated heterocycles. The number of hydrogen-bond acceptors (Lipinski definition) is 4. The lowest BCUT2D eigenvalue weighted by Gasteiger charge is -2.32. The number of piperidine rings is 1. The lowest BCUT2D eigenvalue weighted by molar-refractivity contribution is -0.384. The Morgan fingerprint density at radius 3 is 2.33 bits per heavy atom. The fraction of sp³-hybridized carbons (Fsp3) is 0.316. The van der Waals surface area contributed by atoms with Crippen LogP contribution in [0.3, 0.4) is 0 Å². The first-order valence-corrected chi connectivity index (χ1v) is 8.93. The van der Waals surface area contributed by atoms with Crippen molar-refractivity contribution in [3.8, 4) is 0 Å². The highest BCUT2D eigenvalue weighted by molar-refractivity contribution is 5.92. The molecule has 2 aromatic carbocycles. The number of benzene rings is 2. The minimum Gasteiger partial charge on any atom is -0.366 e. The van der Waals surface area contributed by atoms with Crippen molar-refractivity contribution < 1.29 is 31.7 Å². The van der Waals surface area contributed by atoms with E-state index in [1.54, 1.807) is 4.90 Å². The van der Waals surface area contributed by atoms with E-state index in [-0.39, 0.29) is 37.3 Å². The molecule has 1 aliphatic rings. The van der Waals surface area contributed by atoms with Crippen LogP contribution in [0.5, 0.6) is 0 Å². The number of nitro benzene ring substituents is 1. The van der Waals surface area contributed by atoms with Gasteiger partial charge in [0.15, 0.2) is 0 Å². The van der Waals surface area contributed by atoms with E-state index in [4.69, 9.17) is 0 Å². The molecule has 0 bridgehead atoms. The maximum atomic E-state index is 13.7. The monoisotopic (exact) mass is 429 g/mol. The minimum atomic E-state index is -4.70. The maximum Gasteiger partial charge on any atom is 0.416 e. The smallest absolute Gasteiger partial charge is 0.366 e. The molecular formula is C19H16F5N3O3. The number of rotatable bonds is 4. The van der Waals surface area contributed by atoms with Gasteiger partial charge in [0.25, 0.3) is 5.69 Å². The van der Waals surface area contributed by atoms with Crippen molar-refractivity contribution in [2.45, 2.75) is 19.0 Å². The Morgan fingerprint density at radius 2 is 1.77 bits per heavy atom. The van der Waals surface area contributed by atoms with Crippen molar-refractivity contribution in [2.24, 2.45) is 5.92 Å². The van der Waals surface area contributed by atoms with E-state index in [1.165, 1.54) is 0 Å². The summed E-state index contributed by atoms with van der Waals surface area (Å²) >= 11 is 0. The van der Waals surface area contributed by atoms with E-state index in [9.17, 15) is 36.9 Å². The second-order valence-corrected chi connectivity index (χ2v) is 6.83. The molecule has 1 heterocycles. The van der Waals surface area contributed by atoms with Crippen molar-refractivity contribution in [1.82, 2.24) is 0 Å². The number of nitrogens with one attached hydrogen (secondary N) is 1. The fourth-order valence-corrected chi connectivity index (χ4v) is 3.32. The topological polar surface area (TPSA) is 75.5 Å². The van der Waals surface area contributed by atoms with Crippen LogP contribution in [0.15, 0.2) is 36.4 Å². The first kappa shape index (κ1) is 21.5. The maximum absolute atomic E-state index is 13.7. The first-order valence-electron chi connectivity index (χ1n) is 8.93. The second-order valence-electron chi connectivity index (χ2n) is 6.83. The standard InChI is InChI=1S/C19H16F5N3O3/c20-13-2-3-15(14(21)10-13)25-18(28)11-5-7-26(8-6-11)16-4-1-12(19(22,23)24)9-17(16)27(29)30/h1-4,9-11H,5-8H2,(H,25,28). The number of halogens is 5. The van der Waals surface area contributed by atoms with Crippen LogP contribution in [0.2, 0.25) is 0 Å². The largest absolute Gasteiger partial charge is 0.416 e. The Labute approximate surface area is 167 Å². The van der Waals surface area contributed by atoms with Crippen LogP contribution in [0, 0.1) is 27.7 Å².